The molecule has 0 spiro atoms. The summed E-state index contributed by atoms with van der Waals surface area (Å²) in [5, 5.41) is 0. The Morgan fingerprint density at radius 2 is 1.92 bits per heavy atom. The summed E-state index contributed by atoms with van der Waals surface area (Å²) in [6.45, 7) is 5.09. The number of rotatable bonds is 7. The standard InChI is InChI=1S/C8H19BrO2Si/c1-4-6-8-12(9,10-3)11-7-5-2/h4-8H2,1-3H3. The highest BCUT2D eigenvalue weighted by atomic mass is 79.9. The van der Waals surface area contributed by atoms with E-state index in [1.54, 1.807) is 7.11 Å². The minimum atomic E-state index is -1.95. The maximum atomic E-state index is 5.66. The van der Waals surface area contributed by atoms with E-state index in [4.69, 9.17) is 8.85 Å². The van der Waals surface area contributed by atoms with Gasteiger partial charge in [-0.3, -0.25) is 0 Å². The SMILES string of the molecule is CCCC[Si](Br)(OC)OCCC. The van der Waals surface area contributed by atoms with Crippen LogP contribution in [0, 0.1) is 0 Å². The van der Waals surface area contributed by atoms with E-state index in [1.807, 2.05) is 0 Å². The topological polar surface area (TPSA) is 18.5 Å². The first-order valence-electron chi connectivity index (χ1n) is 4.56. The van der Waals surface area contributed by atoms with Gasteiger partial charge in [0, 0.05) is 19.8 Å². The zero-order valence-electron chi connectivity index (χ0n) is 8.23. The fourth-order valence-corrected chi connectivity index (χ4v) is 3.95. The lowest BCUT2D eigenvalue weighted by Crippen LogP contribution is -2.34. The Balaban J connectivity index is 3.70. The smallest absolute Gasteiger partial charge is 0.390 e. The monoisotopic (exact) mass is 254 g/mol. The molecule has 0 aromatic carbocycles. The molecule has 0 fully saturated rings. The van der Waals surface area contributed by atoms with E-state index in [2.05, 4.69) is 29.1 Å². The highest BCUT2D eigenvalue weighted by Crippen LogP contribution is 2.23. The van der Waals surface area contributed by atoms with Gasteiger partial charge in [0.15, 0.2) is 0 Å². The van der Waals surface area contributed by atoms with E-state index in [1.165, 1.54) is 12.8 Å². The first-order chi connectivity index (χ1) is 5.68. The molecule has 0 radical (unpaired) electrons. The highest BCUT2D eigenvalue weighted by Gasteiger charge is 2.32. The van der Waals surface area contributed by atoms with E-state index < -0.39 is 7.18 Å². The lowest BCUT2D eigenvalue weighted by Gasteiger charge is -2.22. The number of unbranched alkanes of at least 4 members (excludes halogenated alkanes) is 1. The van der Waals surface area contributed by atoms with Gasteiger partial charge in [-0.05, 0) is 6.42 Å². The molecule has 0 amide bonds. The Morgan fingerprint density at radius 3 is 2.33 bits per heavy atom. The van der Waals surface area contributed by atoms with Crippen LogP contribution < -0.4 is 0 Å². The molecule has 1 atom stereocenters. The van der Waals surface area contributed by atoms with Crippen LogP contribution in [-0.4, -0.2) is 20.9 Å². The molecule has 0 N–H and O–H groups in total. The summed E-state index contributed by atoms with van der Waals surface area (Å²) in [5.74, 6) is 0. The van der Waals surface area contributed by atoms with Crippen LogP contribution in [-0.2, 0) is 8.85 Å². The summed E-state index contributed by atoms with van der Waals surface area (Å²) in [4.78, 5) is 0. The molecule has 74 valence electrons. The second-order valence-corrected chi connectivity index (χ2v) is 8.96. The van der Waals surface area contributed by atoms with Crippen molar-refractivity contribution in [3.63, 3.8) is 0 Å². The highest BCUT2D eigenvalue weighted by molar-refractivity contribution is 9.25. The van der Waals surface area contributed by atoms with Gasteiger partial charge in [0.05, 0.1) is 0 Å². The normalized spacial score (nSPS) is 16.0. The molecule has 0 heterocycles. The fraction of sp³-hybridized carbons (Fsp3) is 1.00. The van der Waals surface area contributed by atoms with Crippen LogP contribution >= 0.6 is 15.3 Å². The lowest BCUT2D eigenvalue weighted by molar-refractivity contribution is 0.221. The lowest BCUT2D eigenvalue weighted by atomic mass is 10.4. The van der Waals surface area contributed by atoms with E-state index >= 15 is 0 Å². The molecule has 4 heteroatoms. The van der Waals surface area contributed by atoms with Crippen LogP contribution in [0.1, 0.15) is 33.1 Å². The van der Waals surface area contributed by atoms with Crippen molar-refractivity contribution in [2.24, 2.45) is 0 Å². The molecule has 0 aromatic rings. The first kappa shape index (κ1) is 12.6. The molecule has 12 heavy (non-hydrogen) atoms. The van der Waals surface area contributed by atoms with Crippen LogP contribution in [0.3, 0.4) is 0 Å². The molecule has 1 unspecified atom stereocenters. The maximum Gasteiger partial charge on any atom is 0.413 e. The summed E-state index contributed by atoms with van der Waals surface area (Å²) in [6, 6.07) is 1.04. The van der Waals surface area contributed by atoms with Crippen LogP contribution in [0.5, 0.6) is 0 Å². The number of hydrogen-bond acceptors (Lipinski definition) is 2. The molecule has 2 nitrogen and oxygen atoms in total. The average molecular weight is 255 g/mol. The molecule has 0 aromatic heterocycles. The summed E-state index contributed by atoms with van der Waals surface area (Å²) < 4.78 is 11.0. The summed E-state index contributed by atoms with van der Waals surface area (Å²) in [6.07, 6.45) is 3.42. The minimum absolute atomic E-state index is 0.801. The molecule has 0 saturated carbocycles. The van der Waals surface area contributed by atoms with Crippen LogP contribution in [0.4, 0.5) is 0 Å². The molecule has 0 aliphatic rings. The zero-order chi connectivity index (χ0) is 9.45. The molecule has 0 aliphatic carbocycles. The number of hydrogen-bond donors (Lipinski definition) is 0. The fourth-order valence-electron chi connectivity index (χ4n) is 0.876. The van der Waals surface area contributed by atoms with Gasteiger partial charge in [-0.2, -0.15) is 0 Å². The third-order valence-corrected chi connectivity index (χ3v) is 6.70. The third kappa shape index (κ3) is 5.30. The van der Waals surface area contributed by atoms with Crippen molar-refractivity contribution >= 4 is 22.5 Å². The van der Waals surface area contributed by atoms with Crippen molar-refractivity contribution in [1.29, 1.82) is 0 Å². The van der Waals surface area contributed by atoms with Gasteiger partial charge in [0.25, 0.3) is 0 Å². The van der Waals surface area contributed by atoms with Crippen molar-refractivity contribution in [2.75, 3.05) is 13.7 Å². The summed E-state index contributed by atoms with van der Waals surface area (Å²) in [7, 11) is -0.224. The predicted molar refractivity (Wildman–Crippen MR) is 57.6 cm³/mol. The van der Waals surface area contributed by atoms with E-state index in [0.717, 1.165) is 19.1 Å². The Kier molecular flexibility index (Phi) is 7.43. The Bertz CT molecular complexity index is 103. The van der Waals surface area contributed by atoms with E-state index in [-0.39, 0.29) is 0 Å². The van der Waals surface area contributed by atoms with Crippen LogP contribution in [0.25, 0.3) is 0 Å². The quantitative estimate of drug-likeness (QED) is 0.514. The summed E-state index contributed by atoms with van der Waals surface area (Å²) >= 11 is 3.58. The molecule has 0 aliphatic heterocycles. The third-order valence-electron chi connectivity index (χ3n) is 1.66. The van der Waals surface area contributed by atoms with Crippen molar-refractivity contribution < 1.29 is 8.85 Å². The second-order valence-electron chi connectivity index (χ2n) is 2.82. The molecule has 0 saturated heterocycles. The zero-order valence-corrected chi connectivity index (χ0v) is 10.8. The maximum absolute atomic E-state index is 5.66. The van der Waals surface area contributed by atoms with Crippen LogP contribution in [0.15, 0.2) is 0 Å². The van der Waals surface area contributed by atoms with Gasteiger partial charge in [0.2, 0.25) is 0 Å². The van der Waals surface area contributed by atoms with Gasteiger partial charge >= 0.3 is 7.18 Å². The van der Waals surface area contributed by atoms with Gasteiger partial charge in [-0.1, -0.05) is 42.0 Å². The van der Waals surface area contributed by atoms with Crippen molar-refractivity contribution in [3.8, 4) is 0 Å². The van der Waals surface area contributed by atoms with E-state index in [9.17, 15) is 0 Å². The molecule has 0 bridgehead atoms. The average Bonchev–Trinajstić information content (AvgIpc) is 2.11. The van der Waals surface area contributed by atoms with Gasteiger partial charge in [-0.25, -0.2) is 0 Å². The molecular weight excluding hydrogens is 236 g/mol. The Labute approximate surface area is 84.5 Å². The molecular formula is C8H19BrO2Si. The Morgan fingerprint density at radius 1 is 1.25 bits per heavy atom. The van der Waals surface area contributed by atoms with Crippen molar-refractivity contribution in [3.05, 3.63) is 0 Å². The van der Waals surface area contributed by atoms with Crippen molar-refractivity contribution in [2.45, 2.75) is 39.2 Å². The number of halogens is 1. The predicted octanol–water partition coefficient (Wildman–Crippen LogP) is 3.19. The van der Waals surface area contributed by atoms with E-state index in [0.29, 0.717) is 0 Å². The van der Waals surface area contributed by atoms with Gasteiger partial charge in [-0.15, -0.1) is 0 Å². The van der Waals surface area contributed by atoms with Crippen LogP contribution in [0.2, 0.25) is 6.04 Å². The van der Waals surface area contributed by atoms with Gasteiger partial charge in [0.1, 0.15) is 0 Å². The minimum Gasteiger partial charge on any atom is -0.390 e. The van der Waals surface area contributed by atoms with Gasteiger partial charge < -0.3 is 8.85 Å². The summed E-state index contributed by atoms with van der Waals surface area (Å²) in [5.41, 5.74) is 0. The second kappa shape index (κ2) is 7.06. The Hall–Kier alpha value is 0.617. The largest absolute Gasteiger partial charge is 0.413 e. The molecule has 0 rings (SSSR count). The van der Waals surface area contributed by atoms with Crippen molar-refractivity contribution in [1.82, 2.24) is 0 Å². The first-order valence-corrected chi connectivity index (χ1v) is 8.84.